The minimum absolute atomic E-state index is 0.0854. The number of aryl methyl sites for hydroxylation is 1. The molecule has 11 heteroatoms. The molecule has 0 saturated heterocycles. The molecule has 0 bridgehead atoms. The highest BCUT2D eigenvalue weighted by atomic mass is 35.5. The normalized spacial score (nSPS) is 10.6. The second-order valence-corrected chi connectivity index (χ2v) is 8.03. The van der Waals surface area contributed by atoms with Crippen LogP contribution < -0.4 is 16.0 Å². The van der Waals surface area contributed by atoms with Gasteiger partial charge < -0.3 is 16.0 Å². The summed E-state index contributed by atoms with van der Waals surface area (Å²) in [6.45, 7) is 3.42. The Hall–Kier alpha value is -3.95. The van der Waals surface area contributed by atoms with Crippen LogP contribution in [0.2, 0.25) is 10.0 Å². The number of nitrogens with zero attached hydrogens (tertiary/aromatic N) is 4. The van der Waals surface area contributed by atoms with E-state index in [9.17, 15) is 9.18 Å². The number of anilines is 5. The first-order valence-electron chi connectivity index (χ1n) is 9.90. The first-order valence-corrected chi connectivity index (χ1v) is 10.7. The predicted molar refractivity (Wildman–Crippen MR) is 132 cm³/mol. The summed E-state index contributed by atoms with van der Waals surface area (Å²) in [5.74, 6) is -0.432. The van der Waals surface area contributed by atoms with Crippen molar-refractivity contribution in [3.05, 3.63) is 83.5 Å². The Balaban J connectivity index is 1.76. The van der Waals surface area contributed by atoms with Crippen LogP contribution in [0.3, 0.4) is 0 Å². The standard InChI is InChI=1S/C23H18Cl2FN7O/c1-3-21(34)29-16-4-5-19(26)20(9-16)31-22-18(13-6-14(24)8-15(25)7-13)11-27-23(32-22)30-17-10-28-33(2)12-17/h3-12H,1H2,2H3,(H,29,34)(H2,27,30,31,32). The second-order valence-electron chi connectivity index (χ2n) is 7.15. The van der Waals surface area contributed by atoms with Gasteiger partial charge in [-0.2, -0.15) is 10.1 Å². The number of nitrogens with one attached hydrogen (secondary N) is 3. The SMILES string of the molecule is C=CC(=O)Nc1ccc(F)c(Nc2nc(Nc3cnn(C)c3)ncc2-c2cc(Cl)cc(Cl)c2)c1. The highest BCUT2D eigenvalue weighted by molar-refractivity contribution is 6.35. The fourth-order valence-electron chi connectivity index (χ4n) is 3.09. The molecule has 0 atom stereocenters. The van der Waals surface area contributed by atoms with E-state index in [-0.39, 0.29) is 17.5 Å². The summed E-state index contributed by atoms with van der Waals surface area (Å²) < 4.78 is 16.3. The van der Waals surface area contributed by atoms with Crippen LogP contribution in [-0.2, 0) is 11.8 Å². The zero-order valence-electron chi connectivity index (χ0n) is 17.8. The molecule has 1 amide bonds. The summed E-state index contributed by atoms with van der Waals surface area (Å²) in [6, 6.07) is 9.11. The van der Waals surface area contributed by atoms with Crippen molar-refractivity contribution in [1.29, 1.82) is 0 Å². The minimum Gasteiger partial charge on any atom is -0.337 e. The third kappa shape index (κ3) is 5.51. The molecule has 0 unspecified atom stereocenters. The number of carbonyl (C=O) groups is 1. The van der Waals surface area contributed by atoms with E-state index in [4.69, 9.17) is 23.2 Å². The van der Waals surface area contributed by atoms with E-state index in [1.807, 2.05) is 0 Å². The van der Waals surface area contributed by atoms with Gasteiger partial charge >= 0.3 is 0 Å². The van der Waals surface area contributed by atoms with E-state index in [0.29, 0.717) is 32.5 Å². The fourth-order valence-corrected chi connectivity index (χ4v) is 3.62. The van der Waals surface area contributed by atoms with Crippen LogP contribution in [0.1, 0.15) is 0 Å². The number of hydrogen-bond donors (Lipinski definition) is 3. The topological polar surface area (TPSA) is 96.8 Å². The second kappa shape index (κ2) is 9.90. The number of rotatable bonds is 7. The Kier molecular flexibility index (Phi) is 6.76. The molecule has 0 aliphatic carbocycles. The van der Waals surface area contributed by atoms with E-state index >= 15 is 0 Å². The quantitative estimate of drug-likeness (QED) is 0.273. The van der Waals surface area contributed by atoms with Gasteiger partial charge in [0.15, 0.2) is 0 Å². The van der Waals surface area contributed by atoms with Crippen molar-refractivity contribution in [3.63, 3.8) is 0 Å². The molecule has 2 heterocycles. The van der Waals surface area contributed by atoms with Gasteiger partial charge in [-0.25, -0.2) is 9.37 Å². The smallest absolute Gasteiger partial charge is 0.247 e. The summed E-state index contributed by atoms with van der Waals surface area (Å²) in [6.07, 6.45) is 6.06. The zero-order chi connectivity index (χ0) is 24.2. The predicted octanol–water partition coefficient (Wildman–Crippen LogP) is 5.93. The third-order valence-corrected chi connectivity index (χ3v) is 5.03. The van der Waals surface area contributed by atoms with Gasteiger partial charge in [-0.3, -0.25) is 9.48 Å². The van der Waals surface area contributed by atoms with Crippen LogP contribution in [-0.4, -0.2) is 25.7 Å². The van der Waals surface area contributed by atoms with Gasteiger partial charge in [-0.1, -0.05) is 29.8 Å². The van der Waals surface area contributed by atoms with Crippen molar-refractivity contribution in [2.45, 2.75) is 0 Å². The first-order chi connectivity index (χ1) is 16.3. The van der Waals surface area contributed by atoms with E-state index in [2.05, 4.69) is 37.6 Å². The summed E-state index contributed by atoms with van der Waals surface area (Å²) in [7, 11) is 1.78. The summed E-state index contributed by atoms with van der Waals surface area (Å²) in [5, 5.41) is 13.6. The fraction of sp³-hybridized carbons (Fsp3) is 0.0435. The lowest BCUT2D eigenvalue weighted by Gasteiger charge is -2.15. The summed E-state index contributed by atoms with van der Waals surface area (Å²) >= 11 is 12.4. The molecule has 172 valence electrons. The Bertz CT molecular complexity index is 1370. The number of benzene rings is 2. The molecular formula is C23H18Cl2FN7O. The molecular weight excluding hydrogens is 480 g/mol. The van der Waals surface area contributed by atoms with Crippen molar-refractivity contribution in [2.24, 2.45) is 7.05 Å². The molecule has 0 aliphatic rings. The molecule has 0 radical (unpaired) electrons. The number of hydrogen-bond acceptors (Lipinski definition) is 6. The summed E-state index contributed by atoms with van der Waals surface area (Å²) in [4.78, 5) is 20.5. The van der Waals surface area contributed by atoms with Gasteiger partial charge in [0.2, 0.25) is 11.9 Å². The third-order valence-electron chi connectivity index (χ3n) is 4.60. The first kappa shape index (κ1) is 23.2. The van der Waals surface area contributed by atoms with Gasteiger partial charge in [0, 0.05) is 40.7 Å². The molecule has 4 rings (SSSR count). The molecule has 3 N–H and O–H groups in total. The van der Waals surface area contributed by atoms with Gasteiger partial charge in [0.25, 0.3) is 0 Å². The van der Waals surface area contributed by atoms with E-state index < -0.39 is 11.7 Å². The van der Waals surface area contributed by atoms with Crippen LogP contribution in [0.25, 0.3) is 11.1 Å². The van der Waals surface area contributed by atoms with E-state index in [1.165, 1.54) is 18.2 Å². The maximum Gasteiger partial charge on any atom is 0.247 e. The van der Waals surface area contributed by atoms with Gasteiger partial charge in [0.05, 0.1) is 17.6 Å². The molecule has 34 heavy (non-hydrogen) atoms. The van der Waals surface area contributed by atoms with Crippen molar-refractivity contribution in [3.8, 4) is 11.1 Å². The lowest BCUT2D eigenvalue weighted by atomic mass is 10.1. The van der Waals surface area contributed by atoms with Crippen molar-refractivity contribution < 1.29 is 9.18 Å². The van der Waals surface area contributed by atoms with Crippen molar-refractivity contribution in [2.75, 3.05) is 16.0 Å². The average Bonchev–Trinajstić information content (AvgIpc) is 3.20. The number of aromatic nitrogens is 4. The van der Waals surface area contributed by atoms with Crippen molar-refractivity contribution >= 4 is 57.9 Å². The van der Waals surface area contributed by atoms with Crippen LogP contribution in [0, 0.1) is 5.82 Å². The maximum absolute atomic E-state index is 14.7. The Morgan fingerprint density at radius 2 is 1.85 bits per heavy atom. The molecule has 0 aliphatic heterocycles. The molecule has 8 nitrogen and oxygen atoms in total. The Morgan fingerprint density at radius 1 is 1.09 bits per heavy atom. The maximum atomic E-state index is 14.7. The molecule has 0 fully saturated rings. The van der Waals surface area contributed by atoms with Crippen LogP contribution in [0.15, 0.2) is 67.6 Å². The minimum atomic E-state index is -0.549. The molecule has 2 aromatic heterocycles. The van der Waals surface area contributed by atoms with E-state index in [1.54, 1.807) is 48.5 Å². The highest BCUT2D eigenvalue weighted by Gasteiger charge is 2.15. The van der Waals surface area contributed by atoms with Crippen LogP contribution >= 0.6 is 23.2 Å². The number of halogens is 3. The van der Waals surface area contributed by atoms with Crippen LogP contribution in [0.4, 0.5) is 33.2 Å². The highest BCUT2D eigenvalue weighted by Crippen LogP contribution is 2.34. The largest absolute Gasteiger partial charge is 0.337 e. The van der Waals surface area contributed by atoms with Gasteiger partial charge in [-0.15, -0.1) is 0 Å². The Labute approximate surface area is 204 Å². The monoisotopic (exact) mass is 497 g/mol. The van der Waals surface area contributed by atoms with Gasteiger partial charge in [-0.05, 0) is 48.0 Å². The average molecular weight is 498 g/mol. The lowest BCUT2D eigenvalue weighted by Crippen LogP contribution is -2.08. The van der Waals surface area contributed by atoms with Crippen molar-refractivity contribution in [1.82, 2.24) is 19.7 Å². The summed E-state index contributed by atoms with van der Waals surface area (Å²) in [5.41, 5.74) is 2.30. The molecule has 0 spiro atoms. The number of amides is 1. The zero-order valence-corrected chi connectivity index (χ0v) is 19.3. The van der Waals surface area contributed by atoms with Gasteiger partial charge in [0.1, 0.15) is 11.6 Å². The molecule has 4 aromatic rings. The lowest BCUT2D eigenvalue weighted by molar-refractivity contribution is -0.111. The molecule has 2 aromatic carbocycles. The molecule has 0 saturated carbocycles. The number of carbonyl (C=O) groups excluding carboxylic acids is 1. The van der Waals surface area contributed by atoms with E-state index in [0.717, 1.165) is 6.08 Å². The Morgan fingerprint density at radius 3 is 2.53 bits per heavy atom. The van der Waals surface area contributed by atoms with Crippen LogP contribution in [0.5, 0.6) is 0 Å².